The zero-order valence-corrected chi connectivity index (χ0v) is 18.8. The monoisotopic (exact) mass is 421 g/mol. The SMILES string of the molecule is CCCCCCCCCCCCCC1=C(OC)C(=O)C=C(NCCCOC=O)C1=O. The lowest BCUT2D eigenvalue weighted by molar-refractivity contribution is -0.128. The Hall–Kier alpha value is -2.11. The molecule has 0 aromatic carbocycles. The number of Topliss-reactive ketones (excluding diaryl/α,β-unsaturated/α-hetero) is 1. The minimum atomic E-state index is -0.276. The average molecular weight is 422 g/mol. The van der Waals surface area contributed by atoms with Gasteiger partial charge in [0.2, 0.25) is 11.6 Å². The van der Waals surface area contributed by atoms with Gasteiger partial charge in [0.25, 0.3) is 6.47 Å². The van der Waals surface area contributed by atoms with Crippen LogP contribution in [0.4, 0.5) is 0 Å². The first kappa shape index (κ1) is 25.9. The normalized spacial score (nSPS) is 14.0. The molecule has 1 aliphatic rings. The summed E-state index contributed by atoms with van der Waals surface area (Å²) in [4.78, 5) is 35.2. The van der Waals surface area contributed by atoms with Crippen molar-refractivity contribution in [1.29, 1.82) is 0 Å². The standard InChI is InChI=1S/C24H39NO5/c1-3-4-5-6-7-8-9-10-11-12-13-15-20-23(28)21(18-22(27)24(20)29-2)25-16-14-17-30-19-26/h18-19,25H,3-17H2,1-2H3. The number of nitrogens with one attached hydrogen (secondary N) is 1. The van der Waals surface area contributed by atoms with E-state index < -0.39 is 0 Å². The van der Waals surface area contributed by atoms with Gasteiger partial charge in [0, 0.05) is 18.2 Å². The lowest BCUT2D eigenvalue weighted by Gasteiger charge is -2.19. The van der Waals surface area contributed by atoms with E-state index in [1.54, 1.807) is 0 Å². The molecule has 6 nitrogen and oxygen atoms in total. The highest BCUT2D eigenvalue weighted by molar-refractivity contribution is 6.21. The topological polar surface area (TPSA) is 81.7 Å². The fraction of sp³-hybridized carbons (Fsp3) is 0.708. The van der Waals surface area contributed by atoms with Crippen molar-refractivity contribution < 1.29 is 23.9 Å². The molecule has 6 heteroatoms. The van der Waals surface area contributed by atoms with E-state index in [9.17, 15) is 14.4 Å². The first-order chi connectivity index (χ1) is 14.7. The van der Waals surface area contributed by atoms with Gasteiger partial charge in [-0.25, -0.2) is 0 Å². The maximum absolute atomic E-state index is 12.8. The van der Waals surface area contributed by atoms with Crippen molar-refractivity contribution >= 4 is 18.0 Å². The zero-order chi connectivity index (χ0) is 22.0. The van der Waals surface area contributed by atoms with Crippen molar-refractivity contribution in [3.05, 3.63) is 23.1 Å². The molecule has 0 bridgehead atoms. The third kappa shape index (κ3) is 10.1. The molecule has 30 heavy (non-hydrogen) atoms. The van der Waals surface area contributed by atoms with E-state index in [0.29, 0.717) is 37.1 Å². The second-order valence-corrected chi connectivity index (χ2v) is 7.80. The van der Waals surface area contributed by atoms with Gasteiger partial charge in [0.1, 0.15) is 0 Å². The minimum absolute atomic E-state index is 0.168. The number of allylic oxidation sites excluding steroid dienone is 2. The Labute approximate surface area is 181 Å². The molecular weight excluding hydrogens is 382 g/mol. The number of rotatable bonds is 19. The van der Waals surface area contributed by atoms with Crippen molar-refractivity contribution in [2.75, 3.05) is 20.3 Å². The van der Waals surface area contributed by atoms with Crippen LogP contribution in [-0.4, -0.2) is 38.3 Å². The molecule has 0 spiro atoms. The number of unbranched alkanes of at least 4 members (excludes halogenated alkanes) is 10. The van der Waals surface area contributed by atoms with Crippen LogP contribution in [0.3, 0.4) is 0 Å². The first-order valence-corrected chi connectivity index (χ1v) is 11.5. The van der Waals surface area contributed by atoms with Gasteiger partial charge in [-0.1, -0.05) is 71.1 Å². The van der Waals surface area contributed by atoms with Gasteiger partial charge in [-0.3, -0.25) is 14.4 Å². The Kier molecular flexibility index (Phi) is 14.4. The van der Waals surface area contributed by atoms with Crippen LogP contribution in [-0.2, 0) is 23.9 Å². The second kappa shape index (κ2) is 16.7. The molecule has 0 saturated carbocycles. The van der Waals surface area contributed by atoms with E-state index in [1.807, 2.05) is 0 Å². The van der Waals surface area contributed by atoms with E-state index in [0.717, 1.165) is 19.3 Å². The van der Waals surface area contributed by atoms with E-state index >= 15 is 0 Å². The Morgan fingerprint density at radius 3 is 2.07 bits per heavy atom. The van der Waals surface area contributed by atoms with Crippen LogP contribution in [0.2, 0.25) is 0 Å². The molecule has 0 fully saturated rings. The zero-order valence-electron chi connectivity index (χ0n) is 18.8. The Bertz CT molecular complexity index is 594. The third-order valence-electron chi connectivity index (χ3n) is 5.35. The van der Waals surface area contributed by atoms with Crippen LogP contribution in [0, 0.1) is 0 Å². The van der Waals surface area contributed by atoms with Crippen molar-refractivity contribution in [3.63, 3.8) is 0 Å². The van der Waals surface area contributed by atoms with Gasteiger partial charge in [-0.05, 0) is 19.3 Å². The molecule has 0 atom stereocenters. The van der Waals surface area contributed by atoms with E-state index in [1.165, 1.54) is 64.6 Å². The van der Waals surface area contributed by atoms with Gasteiger partial charge in [-0.2, -0.15) is 0 Å². The summed E-state index contributed by atoms with van der Waals surface area (Å²) in [5, 5.41) is 2.98. The molecule has 0 saturated heterocycles. The fourth-order valence-corrected chi connectivity index (χ4v) is 3.65. The molecule has 1 rings (SSSR count). The van der Waals surface area contributed by atoms with Gasteiger partial charge in [0.15, 0.2) is 5.76 Å². The molecule has 0 amide bonds. The second-order valence-electron chi connectivity index (χ2n) is 7.80. The van der Waals surface area contributed by atoms with E-state index in [4.69, 9.17) is 4.74 Å². The number of methoxy groups -OCH3 is 1. The van der Waals surface area contributed by atoms with Gasteiger partial charge in [0.05, 0.1) is 19.4 Å². The summed E-state index contributed by atoms with van der Waals surface area (Å²) in [6.07, 6.45) is 16.0. The summed E-state index contributed by atoms with van der Waals surface area (Å²) in [5.74, 6) is -0.279. The van der Waals surface area contributed by atoms with Crippen LogP contribution in [0.5, 0.6) is 0 Å². The molecule has 0 aromatic heterocycles. The third-order valence-corrected chi connectivity index (χ3v) is 5.35. The van der Waals surface area contributed by atoms with Crippen LogP contribution in [0.25, 0.3) is 0 Å². The summed E-state index contributed by atoms with van der Waals surface area (Å²) in [6, 6.07) is 0. The maximum Gasteiger partial charge on any atom is 0.293 e. The lowest BCUT2D eigenvalue weighted by Crippen LogP contribution is -2.29. The predicted octanol–water partition coefficient (Wildman–Crippen LogP) is 4.78. The lowest BCUT2D eigenvalue weighted by atomic mass is 9.93. The average Bonchev–Trinajstić information content (AvgIpc) is 2.74. The predicted molar refractivity (Wildman–Crippen MR) is 118 cm³/mol. The van der Waals surface area contributed by atoms with Crippen molar-refractivity contribution in [3.8, 4) is 0 Å². The Balaban J connectivity index is 2.32. The summed E-state index contributed by atoms with van der Waals surface area (Å²) in [5.41, 5.74) is 0.762. The van der Waals surface area contributed by atoms with Crippen LogP contribution in [0.15, 0.2) is 23.1 Å². The van der Waals surface area contributed by atoms with Crippen molar-refractivity contribution in [2.24, 2.45) is 0 Å². The van der Waals surface area contributed by atoms with Crippen LogP contribution >= 0.6 is 0 Å². The van der Waals surface area contributed by atoms with Gasteiger partial charge < -0.3 is 14.8 Å². The molecular formula is C24H39NO5. The van der Waals surface area contributed by atoms with Crippen molar-refractivity contribution in [2.45, 2.75) is 90.4 Å². The first-order valence-electron chi connectivity index (χ1n) is 11.5. The highest BCUT2D eigenvalue weighted by atomic mass is 16.5. The molecule has 1 aliphatic carbocycles. The molecule has 0 unspecified atom stereocenters. The number of carbonyl (C=O) groups is 3. The molecule has 0 heterocycles. The molecule has 0 aliphatic heterocycles. The van der Waals surface area contributed by atoms with E-state index in [2.05, 4.69) is 17.0 Å². The minimum Gasteiger partial charge on any atom is -0.492 e. The van der Waals surface area contributed by atoms with Gasteiger partial charge in [-0.15, -0.1) is 0 Å². The fourth-order valence-electron chi connectivity index (χ4n) is 3.65. The summed E-state index contributed by atoms with van der Waals surface area (Å²) < 4.78 is 9.85. The molecule has 0 radical (unpaired) electrons. The summed E-state index contributed by atoms with van der Waals surface area (Å²) in [7, 11) is 1.43. The quantitative estimate of drug-likeness (QED) is 0.184. The summed E-state index contributed by atoms with van der Waals surface area (Å²) in [6.45, 7) is 3.36. The van der Waals surface area contributed by atoms with E-state index in [-0.39, 0.29) is 23.9 Å². The number of hydrogen-bond acceptors (Lipinski definition) is 6. The largest absolute Gasteiger partial charge is 0.492 e. The van der Waals surface area contributed by atoms with Gasteiger partial charge >= 0.3 is 0 Å². The van der Waals surface area contributed by atoms with Crippen LogP contribution < -0.4 is 5.32 Å². The van der Waals surface area contributed by atoms with Crippen molar-refractivity contribution in [1.82, 2.24) is 5.32 Å². The highest BCUT2D eigenvalue weighted by Gasteiger charge is 2.28. The van der Waals surface area contributed by atoms with Crippen LogP contribution in [0.1, 0.15) is 90.4 Å². The molecule has 1 N–H and O–H groups in total. The number of ketones is 2. The Morgan fingerprint density at radius 1 is 0.900 bits per heavy atom. The highest BCUT2D eigenvalue weighted by Crippen LogP contribution is 2.24. The molecule has 170 valence electrons. The maximum atomic E-state index is 12.8. The smallest absolute Gasteiger partial charge is 0.293 e. The number of hydrogen-bond donors (Lipinski definition) is 1. The molecule has 0 aromatic rings. The number of ether oxygens (including phenoxy) is 2. The number of carbonyl (C=O) groups excluding carboxylic acids is 3. The Morgan fingerprint density at radius 2 is 1.50 bits per heavy atom. The summed E-state index contributed by atoms with van der Waals surface area (Å²) >= 11 is 0.